The van der Waals surface area contributed by atoms with Gasteiger partial charge < -0.3 is 20.9 Å². The van der Waals surface area contributed by atoms with Gasteiger partial charge in [0.15, 0.2) is 0 Å². The van der Waals surface area contributed by atoms with Crippen molar-refractivity contribution in [3.63, 3.8) is 0 Å². The number of ether oxygens (including phenoxy) is 1. The fourth-order valence-electron chi connectivity index (χ4n) is 3.10. The minimum absolute atomic E-state index is 0.0636. The number of hydrogen-bond acceptors (Lipinski definition) is 5. The van der Waals surface area contributed by atoms with Crippen molar-refractivity contribution in [2.75, 3.05) is 20.3 Å². The summed E-state index contributed by atoms with van der Waals surface area (Å²) >= 11 is 0. The molecule has 1 aliphatic carbocycles. The largest absolute Gasteiger partial charge is 0.491 e. The molecule has 142 valence electrons. The van der Waals surface area contributed by atoms with E-state index >= 15 is 0 Å². The summed E-state index contributed by atoms with van der Waals surface area (Å²) in [6.07, 6.45) is 2.27. The number of hydrogen-bond donors (Lipinski definition) is 3. The predicted molar refractivity (Wildman–Crippen MR) is 99.9 cm³/mol. The highest BCUT2D eigenvalue weighted by Gasteiger charge is 2.33. The third kappa shape index (κ3) is 4.43. The van der Waals surface area contributed by atoms with Crippen LogP contribution in [0.4, 0.5) is 0 Å². The molecule has 0 spiro atoms. The molecular weight excluding hydrogens is 346 g/mol. The van der Waals surface area contributed by atoms with E-state index in [0.29, 0.717) is 29.0 Å². The summed E-state index contributed by atoms with van der Waals surface area (Å²) < 4.78 is 5.43. The van der Waals surface area contributed by atoms with E-state index in [-0.39, 0.29) is 30.7 Å². The topological polar surface area (TPSA) is 115 Å². The third-order valence-electron chi connectivity index (χ3n) is 4.45. The fraction of sp³-hybridized carbons (Fsp3) is 0.350. The third-order valence-corrected chi connectivity index (χ3v) is 4.45. The van der Waals surface area contributed by atoms with E-state index in [4.69, 9.17) is 15.6 Å². The van der Waals surface area contributed by atoms with E-state index in [0.717, 1.165) is 18.4 Å². The van der Waals surface area contributed by atoms with Gasteiger partial charge in [-0.15, -0.1) is 0 Å². The summed E-state index contributed by atoms with van der Waals surface area (Å²) in [5.74, 6) is -0.0682. The molecule has 0 radical (unpaired) electrons. The second-order valence-electron chi connectivity index (χ2n) is 6.54. The molecule has 1 fully saturated rings. The van der Waals surface area contributed by atoms with E-state index in [1.807, 2.05) is 18.2 Å². The molecule has 1 aliphatic rings. The molecule has 0 atom stereocenters. The molecule has 3 rings (SSSR count). The number of aliphatic hydroxyl groups is 1. The number of nitrogens with zero attached hydrogens (tertiary/aromatic N) is 1. The molecule has 2 aromatic rings. The maximum absolute atomic E-state index is 12.3. The van der Waals surface area contributed by atoms with E-state index in [1.54, 1.807) is 19.2 Å². The van der Waals surface area contributed by atoms with E-state index < -0.39 is 5.91 Å². The smallest absolute Gasteiger partial charge is 0.269 e. The molecule has 4 N–H and O–H groups in total. The molecule has 1 heterocycles. The molecule has 7 nitrogen and oxygen atoms in total. The summed E-state index contributed by atoms with van der Waals surface area (Å²) in [6, 6.07) is 9.08. The van der Waals surface area contributed by atoms with Gasteiger partial charge in [0.1, 0.15) is 18.1 Å². The number of nitrogens with two attached hydrogens (primary N) is 1. The van der Waals surface area contributed by atoms with Crippen LogP contribution in [0.3, 0.4) is 0 Å². The summed E-state index contributed by atoms with van der Waals surface area (Å²) in [6.45, 7) is 0.149. The van der Waals surface area contributed by atoms with Crippen molar-refractivity contribution in [3.8, 4) is 5.75 Å². The highest BCUT2D eigenvalue weighted by atomic mass is 16.5. The maximum Gasteiger partial charge on any atom is 0.269 e. The van der Waals surface area contributed by atoms with Crippen molar-refractivity contribution < 1.29 is 19.4 Å². The molecular formula is C20H23N3O4. The van der Waals surface area contributed by atoms with Crippen molar-refractivity contribution in [2.24, 2.45) is 5.73 Å². The number of benzene rings is 1. The molecule has 0 bridgehead atoms. The highest BCUT2D eigenvalue weighted by molar-refractivity contribution is 6.01. The first-order valence-corrected chi connectivity index (χ1v) is 8.91. The minimum atomic E-state index is -0.550. The van der Waals surface area contributed by atoms with Crippen molar-refractivity contribution >= 4 is 11.8 Å². The maximum atomic E-state index is 12.3. The van der Waals surface area contributed by atoms with Crippen LogP contribution in [-0.2, 0) is 6.42 Å². The van der Waals surface area contributed by atoms with Gasteiger partial charge in [-0.25, -0.2) is 4.98 Å². The summed E-state index contributed by atoms with van der Waals surface area (Å²) in [5.41, 5.74) is 8.40. The van der Waals surface area contributed by atoms with Gasteiger partial charge in [0.2, 0.25) is 5.91 Å². The van der Waals surface area contributed by atoms with Crippen LogP contribution >= 0.6 is 0 Å². The Hall–Kier alpha value is -2.93. The molecule has 1 aromatic carbocycles. The second-order valence-corrected chi connectivity index (χ2v) is 6.54. The number of amides is 2. The first-order chi connectivity index (χ1) is 13.0. The zero-order chi connectivity index (χ0) is 19.4. The number of rotatable bonds is 8. The number of carbonyl (C=O) groups is 2. The number of aliphatic hydroxyl groups excluding tert-OH is 1. The van der Waals surface area contributed by atoms with Crippen LogP contribution in [0.25, 0.3) is 0 Å². The quantitative estimate of drug-likeness (QED) is 0.650. The molecule has 27 heavy (non-hydrogen) atoms. The van der Waals surface area contributed by atoms with Gasteiger partial charge in [0, 0.05) is 24.7 Å². The SMILES string of the molecule is CNC(=O)c1nc(Cc2cccc(OCCO)c2)cc(C(N)=O)c1C1CC1. The van der Waals surface area contributed by atoms with Crippen LogP contribution in [0.2, 0.25) is 0 Å². The second kappa shape index (κ2) is 8.18. The first-order valence-electron chi connectivity index (χ1n) is 8.91. The highest BCUT2D eigenvalue weighted by Crippen LogP contribution is 2.43. The number of carbonyl (C=O) groups excluding carboxylic acids is 2. The average molecular weight is 369 g/mol. The molecule has 0 aliphatic heterocycles. The van der Waals surface area contributed by atoms with Gasteiger partial charge in [-0.3, -0.25) is 9.59 Å². The lowest BCUT2D eigenvalue weighted by atomic mass is 9.97. The van der Waals surface area contributed by atoms with Crippen LogP contribution in [0, 0.1) is 0 Å². The van der Waals surface area contributed by atoms with E-state index in [1.165, 1.54) is 0 Å². The average Bonchev–Trinajstić information content (AvgIpc) is 3.50. The Morgan fingerprint density at radius 1 is 1.33 bits per heavy atom. The zero-order valence-corrected chi connectivity index (χ0v) is 15.2. The molecule has 7 heteroatoms. The van der Waals surface area contributed by atoms with Crippen LogP contribution < -0.4 is 15.8 Å². The Balaban J connectivity index is 1.97. The lowest BCUT2D eigenvalue weighted by Gasteiger charge is -2.14. The van der Waals surface area contributed by atoms with Gasteiger partial charge in [-0.2, -0.15) is 0 Å². The Labute approximate surface area is 157 Å². The van der Waals surface area contributed by atoms with E-state index in [9.17, 15) is 9.59 Å². The molecule has 0 unspecified atom stereocenters. The number of pyridine rings is 1. The van der Waals surface area contributed by atoms with Crippen molar-refractivity contribution in [2.45, 2.75) is 25.2 Å². The Morgan fingerprint density at radius 2 is 2.11 bits per heavy atom. The van der Waals surface area contributed by atoms with Crippen LogP contribution in [0.15, 0.2) is 30.3 Å². The van der Waals surface area contributed by atoms with Crippen molar-refractivity contribution in [1.29, 1.82) is 0 Å². The van der Waals surface area contributed by atoms with Crippen LogP contribution in [0.1, 0.15) is 56.4 Å². The van der Waals surface area contributed by atoms with Gasteiger partial charge >= 0.3 is 0 Å². The van der Waals surface area contributed by atoms with Gasteiger partial charge in [0.05, 0.1) is 6.61 Å². The van der Waals surface area contributed by atoms with Crippen molar-refractivity contribution in [3.05, 3.63) is 58.4 Å². The normalized spacial score (nSPS) is 13.3. The van der Waals surface area contributed by atoms with Gasteiger partial charge in [-0.1, -0.05) is 12.1 Å². The van der Waals surface area contributed by atoms with Crippen molar-refractivity contribution in [1.82, 2.24) is 10.3 Å². The van der Waals surface area contributed by atoms with Crippen LogP contribution in [0.5, 0.6) is 5.75 Å². The van der Waals surface area contributed by atoms with E-state index in [2.05, 4.69) is 10.3 Å². The number of aromatic nitrogens is 1. The molecule has 0 saturated heterocycles. The summed E-state index contributed by atoms with van der Waals surface area (Å²) in [7, 11) is 1.54. The molecule has 1 saturated carbocycles. The fourth-order valence-corrected chi connectivity index (χ4v) is 3.10. The van der Waals surface area contributed by atoms with Crippen LogP contribution in [-0.4, -0.2) is 42.2 Å². The van der Waals surface area contributed by atoms with Gasteiger partial charge in [-0.05, 0) is 48.1 Å². The Morgan fingerprint density at radius 3 is 2.74 bits per heavy atom. The molecule has 1 aromatic heterocycles. The summed E-state index contributed by atoms with van der Waals surface area (Å²) in [5, 5.41) is 11.5. The predicted octanol–water partition coefficient (Wildman–Crippen LogP) is 1.38. The summed E-state index contributed by atoms with van der Waals surface area (Å²) in [4.78, 5) is 28.9. The first kappa shape index (κ1) is 18.8. The monoisotopic (exact) mass is 369 g/mol. The Bertz CT molecular complexity index is 862. The minimum Gasteiger partial charge on any atom is -0.491 e. The standard InChI is InChI=1S/C20H23N3O4/c1-22-20(26)18-17(13-5-6-13)16(19(21)25)11-14(23-18)9-12-3-2-4-15(10-12)27-8-7-24/h2-4,10-11,13,24H,5-9H2,1H3,(H2,21,25)(H,22,26). The number of primary amides is 1. The Kier molecular flexibility index (Phi) is 5.71. The molecule has 2 amide bonds. The lowest BCUT2D eigenvalue weighted by Crippen LogP contribution is -2.25. The van der Waals surface area contributed by atoms with Gasteiger partial charge in [0.25, 0.3) is 5.91 Å². The zero-order valence-electron chi connectivity index (χ0n) is 15.2. The number of nitrogens with one attached hydrogen (secondary N) is 1. The lowest BCUT2D eigenvalue weighted by molar-refractivity contribution is 0.0956.